The Balaban J connectivity index is 2.88. The van der Waals surface area contributed by atoms with Gasteiger partial charge in [-0.1, -0.05) is 13.0 Å². The Bertz CT molecular complexity index is 597. The Hall–Kier alpha value is -2.57. The molecule has 0 saturated heterocycles. The number of hydrogen-bond acceptors (Lipinski definition) is 4. The maximum Gasteiger partial charge on any atom is 0.326 e. The van der Waals surface area contributed by atoms with Gasteiger partial charge in [-0.05, 0) is 31.9 Å². The van der Waals surface area contributed by atoms with Gasteiger partial charge in [0.2, 0.25) is 0 Å². The number of carbonyl (C=O) groups excluding carboxylic acids is 2. The molecule has 0 aliphatic carbocycles. The van der Waals surface area contributed by atoms with E-state index in [1.165, 1.54) is 6.92 Å². The average molecular weight is 306 g/mol. The largest absolute Gasteiger partial charge is 0.426 e. The topological polar surface area (TPSA) is 106 Å². The van der Waals surface area contributed by atoms with Crippen LogP contribution in [0.5, 0.6) is 5.75 Å². The summed E-state index contributed by atoms with van der Waals surface area (Å²) in [5.41, 5.74) is 7.67. The van der Waals surface area contributed by atoms with Gasteiger partial charge in [-0.3, -0.25) is 15.1 Å². The van der Waals surface area contributed by atoms with Crippen LogP contribution in [0.3, 0.4) is 0 Å². The number of benzene rings is 1. The fraction of sp³-hybridized carbons (Fsp3) is 0.400. The van der Waals surface area contributed by atoms with Crippen molar-refractivity contribution in [3.05, 3.63) is 23.3 Å². The number of amides is 2. The number of nitrogens with one attached hydrogen (secondary N) is 2. The molecule has 0 aliphatic heterocycles. The molecule has 4 N–H and O–H groups in total. The second-order valence-corrected chi connectivity index (χ2v) is 4.82. The lowest BCUT2D eigenvalue weighted by atomic mass is 10.1. The van der Waals surface area contributed by atoms with Crippen LogP contribution in [-0.2, 0) is 4.79 Å². The minimum absolute atomic E-state index is 0.0609. The van der Waals surface area contributed by atoms with Crippen LogP contribution in [0.1, 0.15) is 31.4 Å². The number of nitrogens with zero attached hydrogens (tertiary/aromatic N) is 1. The van der Waals surface area contributed by atoms with Crippen LogP contribution in [0.25, 0.3) is 0 Å². The Kier molecular flexibility index (Phi) is 6.37. The third-order valence-corrected chi connectivity index (χ3v) is 2.86. The Labute approximate surface area is 129 Å². The maximum absolute atomic E-state index is 11.9. The van der Waals surface area contributed by atoms with Gasteiger partial charge in [0.25, 0.3) is 0 Å². The van der Waals surface area contributed by atoms with Crippen LogP contribution in [-0.4, -0.2) is 24.5 Å². The van der Waals surface area contributed by atoms with E-state index in [0.717, 1.165) is 12.0 Å². The van der Waals surface area contributed by atoms with Crippen molar-refractivity contribution in [1.82, 2.24) is 5.32 Å². The van der Waals surface area contributed by atoms with Crippen molar-refractivity contribution in [3.8, 4) is 5.75 Å². The van der Waals surface area contributed by atoms with Crippen molar-refractivity contribution >= 4 is 23.6 Å². The molecule has 0 aromatic heterocycles. The van der Waals surface area contributed by atoms with Crippen LogP contribution >= 0.6 is 0 Å². The van der Waals surface area contributed by atoms with Crippen molar-refractivity contribution < 1.29 is 14.3 Å². The van der Waals surface area contributed by atoms with Crippen molar-refractivity contribution in [2.45, 2.75) is 34.1 Å². The van der Waals surface area contributed by atoms with E-state index in [9.17, 15) is 9.59 Å². The second kappa shape index (κ2) is 8.02. The average Bonchev–Trinajstić information content (AvgIpc) is 2.44. The molecule has 22 heavy (non-hydrogen) atoms. The molecule has 0 aliphatic rings. The molecule has 0 heterocycles. The summed E-state index contributed by atoms with van der Waals surface area (Å²) in [6.07, 6.45) is 0.840. The number of hydrogen-bond donors (Lipinski definition) is 3. The molecule has 0 atom stereocenters. The zero-order chi connectivity index (χ0) is 16.7. The minimum atomic E-state index is -0.497. The third-order valence-electron chi connectivity index (χ3n) is 2.86. The lowest BCUT2D eigenvalue weighted by Gasteiger charge is -2.15. The Morgan fingerprint density at radius 1 is 1.32 bits per heavy atom. The molecule has 0 unspecified atom stereocenters. The smallest absolute Gasteiger partial charge is 0.326 e. The fourth-order valence-corrected chi connectivity index (χ4v) is 1.82. The van der Waals surface area contributed by atoms with Crippen LogP contribution in [0.15, 0.2) is 17.1 Å². The molecule has 0 spiro atoms. The molecule has 1 aromatic rings. The van der Waals surface area contributed by atoms with Crippen LogP contribution < -0.4 is 21.1 Å². The predicted octanol–water partition coefficient (Wildman–Crippen LogP) is 2.07. The Morgan fingerprint density at radius 3 is 2.59 bits per heavy atom. The monoisotopic (exact) mass is 306 g/mol. The zero-order valence-electron chi connectivity index (χ0n) is 13.3. The highest BCUT2D eigenvalue weighted by atomic mass is 16.5. The normalized spacial score (nSPS) is 11.0. The first-order valence-corrected chi connectivity index (χ1v) is 7.01. The molecule has 7 nitrogen and oxygen atoms in total. The van der Waals surface area contributed by atoms with Crippen LogP contribution in [0, 0.1) is 13.8 Å². The van der Waals surface area contributed by atoms with E-state index in [0.29, 0.717) is 23.5 Å². The van der Waals surface area contributed by atoms with Gasteiger partial charge in [0, 0.05) is 19.0 Å². The van der Waals surface area contributed by atoms with E-state index in [-0.39, 0.29) is 5.96 Å². The molecular weight excluding hydrogens is 284 g/mol. The number of aliphatic imine (C=N–C) groups is 1. The molecule has 1 aromatic carbocycles. The predicted molar refractivity (Wildman–Crippen MR) is 86.2 cm³/mol. The highest BCUT2D eigenvalue weighted by Gasteiger charge is 2.13. The quantitative estimate of drug-likeness (QED) is 0.342. The van der Waals surface area contributed by atoms with Gasteiger partial charge in [-0.2, -0.15) is 0 Å². The summed E-state index contributed by atoms with van der Waals surface area (Å²) in [5.74, 6) is 0.0464. The summed E-state index contributed by atoms with van der Waals surface area (Å²) in [6, 6.07) is 2.95. The Morgan fingerprint density at radius 2 is 2.00 bits per heavy atom. The van der Waals surface area contributed by atoms with E-state index in [1.807, 2.05) is 13.8 Å². The summed E-state index contributed by atoms with van der Waals surface area (Å²) in [4.78, 5) is 27.0. The summed E-state index contributed by atoms with van der Waals surface area (Å²) in [6.45, 7) is 7.43. The van der Waals surface area contributed by atoms with Crippen molar-refractivity contribution in [2.24, 2.45) is 10.7 Å². The SMILES string of the molecule is CCCN=C(N)NC(=O)Nc1c(C)ccc(OC(C)=O)c1C. The first-order valence-electron chi connectivity index (χ1n) is 7.01. The number of anilines is 1. The van der Waals surface area contributed by atoms with Crippen molar-refractivity contribution in [2.75, 3.05) is 11.9 Å². The summed E-state index contributed by atoms with van der Waals surface area (Å²) < 4.78 is 5.10. The molecule has 0 radical (unpaired) electrons. The van der Waals surface area contributed by atoms with Gasteiger partial charge in [0.15, 0.2) is 5.96 Å². The van der Waals surface area contributed by atoms with Gasteiger partial charge in [0.05, 0.1) is 5.69 Å². The number of guanidine groups is 1. The number of aryl methyl sites for hydroxylation is 1. The van der Waals surface area contributed by atoms with Gasteiger partial charge in [-0.15, -0.1) is 0 Å². The van der Waals surface area contributed by atoms with E-state index in [4.69, 9.17) is 10.5 Å². The summed E-state index contributed by atoms with van der Waals surface area (Å²) in [7, 11) is 0. The molecule has 0 bridgehead atoms. The van der Waals surface area contributed by atoms with Crippen molar-refractivity contribution in [3.63, 3.8) is 0 Å². The van der Waals surface area contributed by atoms with E-state index in [2.05, 4.69) is 15.6 Å². The second-order valence-electron chi connectivity index (χ2n) is 4.82. The van der Waals surface area contributed by atoms with E-state index >= 15 is 0 Å². The molecule has 0 fully saturated rings. The van der Waals surface area contributed by atoms with Crippen LogP contribution in [0.4, 0.5) is 10.5 Å². The van der Waals surface area contributed by atoms with Crippen molar-refractivity contribution in [1.29, 1.82) is 0 Å². The molecule has 120 valence electrons. The third kappa shape index (κ3) is 5.08. The van der Waals surface area contributed by atoms with Gasteiger partial charge < -0.3 is 15.8 Å². The molecule has 7 heteroatoms. The fourth-order valence-electron chi connectivity index (χ4n) is 1.82. The number of urea groups is 1. The number of nitrogens with two attached hydrogens (primary N) is 1. The minimum Gasteiger partial charge on any atom is -0.426 e. The molecule has 0 saturated carbocycles. The van der Waals surface area contributed by atoms with Crippen LogP contribution in [0.2, 0.25) is 0 Å². The van der Waals surface area contributed by atoms with E-state index in [1.54, 1.807) is 19.1 Å². The number of carbonyl (C=O) groups is 2. The molecule has 2 amide bonds. The first kappa shape index (κ1) is 17.5. The van der Waals surface area contributed by atoms with Gasteiger partial charge >= 0.3 is 12.0 Å². The molecule has 1 rings (SSSR count). The number of rotatable bonds is 4. The summed E-state index contributed by atoms with van der Waals surface area (Å²) >= 11 is 0. The van der Waals surface area contributed by atoms with E-state index < -0.39 is 12.0 Å². The first-order chi connectivity index (χ1) is 10.3. The molecular formula is C15H22N4O3. The standard InChI is InChI=1S/C15H22N4O3/c1-5-8-17-14(16)19-15(21)18-13-9(2)6-7-12(10(13)3)22-11(4)20/h6-7H,5,8H2,1-4H3,(H4,16,17,18,19,21). The number of esters is 1. The summed E-state index contributed by atoms with van der Waals surface area (Å²) in [5, 5.41) is 5.15. The van der Waals surface area contributed by atoms with Gasteiger partial charge in [-0.25, -0.2) is 4.79 Å². The van der Waals surface area contributed by atoms with Gasteiger partial charge in [0.1, 0.15) is 5.75 Å². The number of ether oxygens (including phenoxy) is 1. The lowest BCUT2D eigenvalue weighted by Crippen LogP contribution is -2.40. The highest BCUT2D eigenvalue weighted by molar-refractivity contribution is 6.02. The maximum atomic E-state index is 11.9. The lowest BCUT2D eigenvalue weighted by molar-refractivity contribution is -0.131. The zero-order valence-corrected chi connectivity index (χ0v) is 13.3. The highest BCUT2D eigenvalue weighted by Crippen LogP contribution is 2.29.